The highest BCUT2D eigenvalue weighted by Crippen LogP contribution is 2.36. The van der Waals surface area contributed by atoms with Crippen LogP contribution < -0.4 is 16.8 Å². The molecule has 1 aliphatic carbocycles. The predicted octanol–water partition coefficient (Wildman–Crippen LogP) is 4.06. The maximum Gasteiger partial charge on any atom is 0.253 e. The Morgan fingerprint density at radius 1 is 1.00 bits per heavy atom. The van der Waals surface area contributed by atoms with Crippen LogP contribution in [0.2, 0.25) is 0 Å². The van der Waals surface area contributed by atoms with E-state index in [-0.39, 0.29) is 23.2 Å². The molecule has 0 saturated carbocycles. The Labute approximate surface area is 239 Å². The number of rotatable bonds is 6. The van der Waals surface area contributed by atoms with E-state index in [4.69, 9.17) is 21.4 Å². The molecule has 6 aromatic rings. The highest BCUT2D eigenvalue weighted by atomic mass is 16.1. The Balaban J connectivity index is 1.30. The van der Waals surface area contributed by atoms with E-state index in [9.17, 15) is 9.59 Å². The fourth-order valence-corrected chi connectivity index (χ4v) is 5.52. The molecule has 11 heteroatoms. The summed E-state index contributed by atoms with van der Waals surface area (Å²) in [5.41, 5.74) is 18.1. The summed E-state index contributed by atoms with van der Waals surface area (Å²) < 4.78 is 3.68. The first-order chi connectivity index (χ1) is 20.5. The van der Waals surface area contributed by atoms with Crippen LogP contribution in [0.3, 0.4) is 0 Å². The van der Waals surface area contributed by atoms with Crippen molar-refractivity contribution in [2.45, 2.75) is 18.9 Å². The van der Waals surface area contributed by atoms with Gasteiger partial charge in [-0.15, -0.1) is 0 Å². The van der Waals surface area contributed by atoms with Gasteiger partial charge in [0.15, 0.2) is 23.6 Å². The molecule has 1 aliphatic rings. The molecule has 2 aromatic carbocycles. The van der Waals surface area contributed by atoms with Gasteiger partial charge in [0, 0.05) is 29.8 Å². The Hall–Kier alpha value is -5.84. The van der Waals surface area contributed by atoms with Gasteiger partial charge >= 0.3 is 0 Å². The number of carbonyl (C=O) groups is 2. The van der Waals surface area contributed by atoms with Crippen LogP contribution in [-0.4, -0.2) is 41.5 Å². The summed E-state index contributed by atoms with van der Waals surface area (Å²) in [5, 5.41) is 7.42. The van der Waals surface area contributed by atoms with Gasteiger partial charge in [-0.05, 0) is 78.6 Å². The van der Waals surface area contributed by atoms with Crippen molar-refractivity contribution in [1.29, 1.82) is 0 Å². The number of pyridine rings is 2. The third kappa shape index (κ3) is 4.15. The number of benzene rings is 2. The van der Waals surface area contributed by atoms with Crippen LogP contribution >= 0.6 is 0 Å². The molecule has 1 atom stereocenters. The van der Waals surface area contributed by atoms with E-state index in [1.165, 1.54) is 0 Å². The monoisotopic (exact) mass is 555 g/mol. The number of aldehydes is 1. The van der Waals surface area contributed by atoms with Crippen molar-refractivity contribution in [3.05, 3.63) is 108 Å². The third-order valence-electron chi connectivity index (χ3n) is 7.59. The molecule has 0 saturated heterocycles. The Morgan fingerprint density at radius 3 is 2.71 bits per heavy atom. The van der Waals surface area contributed by atoms with Gasteiger partial charge in [0.25, 0.3) is 5.91 Å². The molecular formula is C31H25N9O2. The number of fused-ring (bicyclic) bond motifs is 2. The van der Waals surface area contributed by atoms with Crippen LogP contribution in [0.25, 0.3) is 34.1 Å². The fourth-order valence-electron chi connectivity index (χ4n) is 5.52. The number of aromatic nitrogens is 6. The number of hydrogen-bond donors (Lipinski definition) is 3. The molecule has 1 amide bonds. The molecule has 0 aliphatic heterocycles. The number of nitrogens with zero attached hydrogens (tertiary/aromatic N) is 6. The number of amides is 1. The molecule has 7 rings (SSSR count). The van der Waals surface area contributed by atoms with Crippen molar-refractivity contribution in [1.82, 2.24) is 34.6 Å². The number of nitrogens with two attached hydrogens (primary N) is 2. The van der Waals surface area contributed by atoms with Gasteiger partial charge in [-0.2, -0.15) is 5.10 Å². The summed E-state index contributed by atoms with van der Waals surface area (Å²) in [5.74, 6) is 1.32. The first-order valence-electron chi connectivity index (χ1n) is 13.4. The van der Waals surface area contributed by atoms with Gasteiger partial charge < -0.3 is 16.8 Å². The van der Waals surface area contributed by atoms with Crippen LogP contribution in [0.1, 0.15) is 44.3 Å². The number of nitrogens with one attached hydrogen (secondary N) is 1. The molecule has 4 aromatic heterocycles. The van der Waals surface area contributed by atoms with E-state index < -0.39 is 0 Å². The second kappa shape index (κ2) is 9.97. The highest BCUT2D eigenvalue weighted by molar-refractivity contribution is 6.03. The second-order valence-corrected chi connectivity index (χ2v) is 10.0. The number of nitrogen functional groups attached to an aromatic ring is 2. The average Bonchev–Trinajstić information content (AvgIpc) is 3.76. The van der Waals surface area contributed by atoms with Crippen molar-refractivity contribution in [3.8, 4) is 22.9 Å². The standard InChI is InChI=1S/C31H25N9O2/c32-27-19(17-41)4-1-5-22(27)31(42)37-24-10-7-18-16-20(8-9-21(18)24)40-29(23-6-2-13-34-28(23)33)36-25-11-12-26(38-30(25)40)39-15-3-14-35-39/h1-6,8-9,11-17,24H,7,10,32H2,(H2,33,34)(H,37,42)/t24-/m0/s1. The zero-order valence-corrected chi connectivity index (χ0v) is 22.3. The van der Waals surface area contributed by atoms with Crippen molar-refractivity contribution in [2.75, 3.05) is 11.5 Å². The Bertz CT molecular complexity index is 2000. The van der Waals surface area contributed by atoms with Gasteiger partial charge in [0.2, 0.25) is 0 Å². The van der Waals surface area contributed by atoms with E-state index in [1.54, 1.807) is 35.3 Å². The van der Waals surface area contributed by atoms with E-state index in [1.807, 2.05) is 53.2 Å². The minimum atomic E-state index is -0.316. The molecule has 5 N–H and O–H groups in total. The lowest BCUT2D eigenvalue weighted by Gasteiger charge is -2.17. The van der Waals surface area contributed by atoms with Crippen molar-refractivity contribution in [3.63, 3.8) is 0 Å². The first kappa shape index (κ1) is 25.1. The zero-order valence-electron chi connectivity index (χ0n) is 22.3. The summed E-state index contributed by atoms with van der Waals surface area (Å²) in [6.07, 6.45) is 7.33. The van der Waals surface area contributed by atoms with Crippen molar-refractivity contribution >= 4 is 34.9 Å². The van der Waals surface area contributed by atoms with E-state index in [0.717, 1.165) is 29.7 Å². The van der Waals surface area contributed by atoms with Crippen molar-refractivity contribution < 1.29 is 9.59 Å². The number of aryl methyl sites for hydroxylation is 1. The van der Waals surface area contributed by atoms with Crippen LogP contribution in [0.4, 0.5) is 11.5 Å². The first-order valence-corrected chi connectivity index (χ1v) is 13.4. The van der Waals surface area contributed by atoms with E-state index in [0.29, 0.717) is 46.0 Å². The summed E-state index contributed by atoms with van der Waals surface area (Å²) in [6.45, 7) is 0. The average molecular weight is 556 g/mol. The predicted molar refractivity (Wildman–Crippen MR) is 158 cm³/mol. The number of para-hydroxylation sites is 1. The summed E-state index contributed by atoms with van der Waals surface area (Å²) in [4.78, 5) is 38.5. The quantitative estimate of drug-likeness (QED) is 0.205. The normalized spacial score (nSPS) is 14.1. The second-order valence-electron chi connectivity index (χ2n) is 10.0. The Morgan fingerprint density at radius 2 is 1.90 bits per heavy atom. The molecular weight excluding hydrogens is 530 g/mol. The minimum Gasteiger partial charge on any atom is -0.397 e. The van der Waals surface area contributed by atoms with E-state index >= 15 is 0 Å². The van der Waals surface area contributed by atoms with Crippen molar-refractivity contribution in [2.24, 2.45) is 0 Å². The molecule has 0 spiro atoms. The lowest BCUT2D eigenvalue weighted by Crippen LogP contribution is -2.28. The minimum absolute atomic E-state index is 0.176. The van der Waals surface area contributed by atoms with Crippen LogP contribution in [0, 0.1) is 0 Å². The summed E-state index contributed by atoms with van der Waals surface area (Å²) in [6, 6.07) is 20.1. The maximum absolute atomic E-state index is 13.1. The van der Waals surface area contributed by atoms with Crippen LogP contribution in [0.5, 0.6) is 0 Å². The Kier molecular flexibility index (Phi) is 5.97. The zero-order chi connectivity index (χ0) is 28.8. The third-order valence-corrected chi connectivity index (χ3v) is 7.59. The molecule has 0 unspecified atom stereocenters. The molecule has 42 heavy (non-hydrogen) atoms. The summed E-state index contributed by atoms with van der Waals surface area (Å²) >= 11 is 0. The van der Waals surface area contributed by atoms with Gasteiger partial charge in [-0.1, -0.05) is 12.1 Å². The van der Waals surface area contributed by atoms with Gasteiger partial charge in [0.1, 0.15) is 11.3 Å². The smallest absolute Gasteiger partial charge is 0.253 e. The van der Waals surface area contributed by atoms with Gasteiger partial charge in [-0.25, -0.2) is 19.6 Å². The number of anilines is 2. The largest absolute Gasteiger partial charge is 0.397 e. The molecule has 4 heterocycles. The number of carbonyl (C=O) groups excluding carboxylic acids is 2. The lowest BCUT2D eigenvalue weighted by atomic mass is 10.0. The number of hydrogen-bond acceptors (Lipinski definition) is 8. The maximum atomic E-state index is 13.1. The molecule has 0 bridgehead atoms. The van der Waals surface area contributed by atoms with Gasteiger partial charge in [-0.3, -0.25) is 14.2 Å². The van der Waals surface area contributed by atoms with E-state index in [2.05, 4.69) is 21.5 Å². The van der Waals surface area contributed by atoms with Crippen LogP contribution in [-0.2, 0) is 6.42 Å². The van der Waals surface area contributed by atoms with Crippen LogP contribution in [0.15, 0.2) is 85.3 Å². The molecule has 0 fully saturated rings. The molecule has 206 valence electrons. The van der Waals surface area contributed by atoms with Gasteiger partial charge in [0.05, 0.1) is 22.9 Å². The highest BCUT2D eigenvalue weighted by Gasteiger charge is 2.27. The SMILES string of the molecule is Nc1ncccc1-c1nc2ccc(-n3cccn3)nc2n1-c1ccc2c(c1)CC[C@@H]2NC(=O)c1cccc(C=O)c1N. The molecule has 11 nitrogen and oxygen atoms in total. The lowest BCUT2D eigenvalue weighted by molar-refractivity contribution is 0.0937. The molecule has 0 radical (unpaired) electrons. The fraction of sp³-hybridized carbons (Fsp3) is 0.0968. The number of imidazole rings is 1. The topological polar surface area (TPSA) is 160 Å². The summed E-state index contributed by atoms with van der Waals surface area (Å²) in [7, 11) is 0.